The maximum Gasteiger partial charge on any atom is 0.433 e. The van der Waals surface area contributed by atoms with Gasteiger partial charge in [0.25, 0.3) is 11.9 Å². The third-order valence-corrected chi connectivity index (χ3v) is 2.52. The topological polar surface area (TPSA) is 94.1 Å². The molecule has 0 unspecified atom stereocenters. The third kappa shape index (κ3) is 4.73. The van der Waals surface area contributed by atoms with Gasteiger partial charge in [0.05, 0.1) is 13.2 Å². The highest BCUT2D eigenvalue weighted by Crippen LogP contribution is 2.29. The average Bonchev–Trinajstić information content (AvgIpc) is 2.57. The molecule has 0 amide bonds. The molecule has 0 radical (unpaired) electrons. The number of aromatic nitrogens is 4. The first kappa shape index (κ1) is 17.8. The van der Waals surface area contributed by atoms with Gasteiger partial charge in [-0.2, -0.15) is 28.1 Å². The predicted molar refractivity (Wildman–Crippen MR) is 82.8 cm³/mol. The fourth-order valence-corrected chi connectivity index (χ4v) is 1.57. The van der Waals surface area contributed by atoms with Crippen molar-refractivity contribution in [2.45, 2.75) is 20.0 Å². The molecular weight excluding hydrogens is 329 g/mol. The van der Waals surface area contributed by atoms with E-state index in [0.717, 1.165) is 6.07 Å². The Morgan fingerprint density at radius 1 is 0.958 bits per heavy atom. The van der Waals surface area contributed by atoms with E-state index in [1.165, 1.54) is 12.1 Å². The maximum atomic E-state index is 12.8. The van der Waals surface area contributed by atoms with Crippen molar-refractivity contribution >= 4 is 11.9 Å². The molecule has 24 heavy (non-hydrogen) atoms. The molecule has 2 aromatic rings. The van der Waals surface area contributed by atoms with Crippen molar-refractivity contribution in [1.29, 1.82) is 0 Å². The van der Waals surface area contributed by atoms with Gasteiger partial charge in [0.2, 0.25) is 0 Å². The molecule has 0 spiro atoms. The quantitative estimate of drug-likeness (QED) is 0.737. The van der Waals surface area contributed by atoms with E-state index in [-0.39, 0.29) is 26.3 Å². The van der Waals surface area contributed by atoms with Gasteiger partial charge in [-0.3, -0.25) is 9.68 Å². The molecule has 0 aliphatic heterocycles. The molecule has 2 rings (SSSR count). The number of hydrogen-bond acceptors (Lipinski definition) is 8. The van der Waals surface area contributed by atoms with Crippen LogP contribution in [-0.4, -0.2) is 33.1 Å². The van der Waals surface area contributed by atoms with E-state index in [9.17, 15) is 13.2 Å². The van der Waals surface area contributed by atoms with Crippen LogP contribution < -0.4 is 11.0 Å². The van der Waals surface area contributed by atoms with E-state index in [0.29, 0.717) is 13.2 Å². The second kappa shape index (κ2) is 7.84. The zero-order valence-electron chi connectivity index (χ0n) is 12.9. The Balaban J connectivity index is 0.00000312. The summed E-state index contributed by atoms with van der Waals surface area (Å²) in [4.78, 5) is 25.4. The Kier molecular flexibility index (Phi) is 5.82. The molecule has 0 saturated heterocycles. The largest absolute Gasteiger partial charge is 0.433 e. The van der Waals surface area contributed by atoms with E-state index in [1.54, 1.807) is 13.8 Å². The molecule has 0 aromatic carbocycles. The van der Waals surface area contributed by atoms with Gasteiger partial charge in [0, 0.05) is 2.85 Å². The molecule has 0 aliphatic carbocycles. The van der Waals surface area contributed by atoms with E-state index in [4.69, 9.17) is 9.68 Å². The number of nitrogens with zero attached hydrogens (tertiary/aromatic N) is 4. The molecule has 11 heteroatoms. The van der Waals surface area contributed by atoms with Gasteiger partial charge in [0.15, 0.2) is 5.82 Å². The monoisotopic (exact) mass is 348 g/mol. The molecule has 0 bridgehead atoms. The number of alkyl halides is 3. The van der Waals surface area contributed by atoms with Crippen LogP contribution in [0.2, 0.25) is 0 Å². The molecule has 0 aliphatic rings. The summed E-state index contributed by atoms with van der Waals surface area (Å²) in [5.41, 5.74) is 3.81. The SMILES string of the molecule is CCONc1nc(NOCC)nc(-c2cccc(C(F)(F)F)n2)n1.[HH].[HH]. The van der Waals surface area contributed by atoms with Crippen LogP contribution in [0.5, 0.6) is 0 Å². The molecule has 2 aromatic heterocycles. The molecule has 2 heterocycles. The molecule has 2 N–H and O–H groups in total. The van der Waals surface area contributed by atoms with Crippen molar-refractivity contribution in [3.05, 3.63) is 23.9 Å². The lowest BCUT2D eigenvalue weighted by atomic mass is 10.3. The first-order chi connectivity index (χ1) is 11.4. The summed E-state index contributed by atoms with van der Waals surface area (Å²) in [6.07, 6.45) is -4.57. The second-order valence-electron chi connectivity index (χ2n) is 4.28. The first-order valence-electron chi connectivity index (χ1n) is 7.00. The lowest BCUT2D eigenvalue weighted by Gasteiger charge is -2.10. The first-order valence-corrected chi connectivity index (χ1v) is 7.00. The van der Waals surface area contributed by atoms with Crippen LogP contribution in [0, 0.1) is 0 Å². The van der Waals surface area contributed by atoms with Gasteiger partial charge in [-0.25, -0.2) is 15.9 Å². The summed E-state index contributed by atoms with van der Waals surface area (Å²) in [7, 11) is 0. The number of halogens is 3. The fraction of sp³-hybridized carbons (Fsp3) is 0.385. The zero-order chi connectivity index (χ0) is 17.6. The normalized spacial score (nSPS) is 11.4. The number of nitrogens with one attached hydrogen (secondary N) is 2. The Morgan fingerprint density at radius 3 is 2.04 bits per heavy atom. The number of pyridine rings is 1. The van der Waals surface area contributed by atoms with Gasteiger partial charge >= 0.3 is 6.18 Å². The zero-order valence-corrected chi connectivity index (χ0v) is 12.9. The van der Waals surface area contributed by atoms with E-state index >= 15 is 0 Å². The van der Waals surface area contributed by atoms with Gasteiger partial charge < -0.3 is 0 Å². The molecule has 134 valence electrons. The smallest absolute Gasteiger partial charge is 0.274 e. The van der Waals surface area contributed by atoms with E-state index in [1.807, 2.05) is 0 Å². The second-order valence-corrected chi connectivity index (χ2v) is 4.28. The van der Waals surface area contributed by atoms with Crippen molar-refractivity contribution in [3.63, 3.8) is 0 Å². The number of hydrogen-bond donors (Lipinski definition) is 2. The van der Waals surface area contributed by atoms with Crippen molar-refractivity contribution in [2.75, 3.05) is 24.2 Å². The van der Waals surface area contributed by atoms with Crippen molar-refractivity contribution < 1.29 is 25.7 Å². The van der Waals surface area contributed by atoms with Gasteiger partial charge in [-0.1, -0.05) is 6.07 Å². The summed E-state index contributed by atoms with van der Waals surface area (Å²) in [5.74, 6) is -0.0629. The lowest BCUT2D eigenvalue weighted by Crippen LogP contribution is -2.12. The highest BCUT2D eigenvalue weighted by molar-refractivity contribution is 5.53. The van der Waals surface area contributed by atoms with Crippen LogP contribution in [0.4, 0.5) is 25.1 Å². The predicted octanol–water partition coefficient (Wildman–Crippen LogP) is 3.17. The van der Waals surface area contributed by atoms with Crippen LogP contribution >= 0.6 is 0 Å². The maximum absolute atomic E-state index is 12.8. The van der Waals surface area contributed by atoms with Crippen molar-refractivity contribution in [3.8, 4) is 11.5 Å². The Labute approximate surface area is 138 Å². The summed E-state index contributed by atoms with van der Waals surface area (Å²) in [6.45, 7) is 4.14. The van der Waals surface area contributed by atoms with E-state index in [2.05, 4.69) is 30.9 Å². The van der Waals surface area contributed by atoms with Gasteiger partial charge in [-0.15, -0.1) is 0 Å². The van der Waals surface area contributed by atoms with Crippen molar-refractivity contribution in [2.24, 2.45) is 0 Å². The van der Waals surface area contributed by atoms with Crippen LogP contribution in [0.1, 0.15) is 22.4 Å². The molecule has 0 atom stereocenters. The highest BCUT2D eigenvalue weighted by atomic mass is 19.4. The fourth-order valence-electron chi connectivity index (χ4n) is 1.57. The van der Waals surface area contributed by atoms with Crippen LogP contribution in [0.15, 0.2) is 18.2 Å². The van der Waals surface area contributed by atoms with Crippen LogP contribution in [0.25, 0.3) is 11.5 Å². The van der Waals surface area contributed by atoms with Crippen LogP contribution in [0.3, 0.4) is 0 Å². The molecular formula is C13H19F3N6O2. The minimum Gasteiger partial charge on any atom is -0.274 e. The van der Waals surface area contributed by atoms with Crippen molar-refractivity contribution in [1.82, 2.24) is 19.9 Å². The van der Waals surface area contributed by atoms with Gasteiger partial charge in [-0.05, 0) is 26.0 Å². The number of rotatable bonds is 7. The lowest BCUT2D eigenvalue weighted by molar-refractivity contribution is -0.141. The Morgan fingerprint density at radius 2 is 1.54 bits per heavy atom. The van der Waals surface area contributed by atoms with Crippen LogP contribution in [-0.2, 0) is 15.9 Å². The summed E-state index contributed by atoms with van der Waals surface area (Å²) in [6, 6.07) is 3.45. The summed E-state index contributed by atoms with van der Waals surface area (Å²) in [5, 5.41) is 0. The Bertz CT molecular complexity index is 667. The number of anilines is 2. The molecule has 0 fully saturated rings. The minimum atomic E-state index is -4.57. The average molecular weight is 348 g/mol. The Hall–Kier alpha value is -2.53. The summed E-state index contributed by atoms with van der Waals surface area (Å²) < 4.78 is 38.4. The highest BCUT2D eigenvalue weighted by Gasteiger charge is 2.32. The minimum absolute atomic E-state index is 0. The van der Waals surface area contributed by atoms with E-state index < -0.39 is 11.9 Å². The standard InChI is InChI=1S/C13H15F3N6O2.2H2/c1-3-23-21-11-18-10(19-12(20-11)22-24-4-2)8-6-5-7-9(17-8)13(14,15)16;;/h5-7H,3-4H2,1-2H3,(H2,18,19,20,21,22);2*1H. The summed E-state index contributed by atoms with van der Waals surface area (Å²) >= 11 is 0. The van der Waals surface area contributed by atoms with Gasteiger partial charge in [0.1, 0.15) is 11.4 Å². The third-order valence-electron chi connectivity index (χ3n) is 2.52. The molecule has 0 saturated carbocycles. The molecule has 8 nitrogen and oxygen atoms in total.